The molecule has 0 unspecified atom stereocenters. The second-order valence-electron chi connectivity index (χ2n) is 7.32. The molecule has 0 heterocycles. The van der Waals surface area contributed by atoms with Gasteiger partial charge in [0.1, 0.15) is 0 Å². The van der Waals surface area contributed by atoms with Gasteiger partial charge in [-0.2, -0.15) is 0 Å². The first-order valence-electron chi connectivity index (χ1n) is 12.1. The maximum atomic E-state index is 5.64. The van der Waals surface area contributed by atoms with Gasteiger partial charge in [-0.25, -0.2) is 0 Å². The number of ether oxygens (including phenoxy) is 7. The summed E-state index contributed by atoms with van der Waals surface area (Å²) >= 11 is 5.64. The van der Waals surface area contributed by atoms with Crippen LogP contribution in [0.5, 0.6) is 0 Å². The van der Waals surface area contributed by atoms with Crippen LogP contribution in [-0.2, 0) is 39.8 Å². The van der Waals surface area contributed by atoms with Gasteiger partial charge >= 0.3 is 0 Å². The lowest BCUT2D eigenvalue weighted by Gasteiger charge is -2.08. The molecule has 0 aliphatic rings. The molecule has 1 aromatic carbocycles. The smallest absolute Gasteiger partial charge is 0.0718 e. The molecule has 192 valence electrons. The number of rotatable bonds is 26. The molecule has 0 bridgehead atoms. The second-order valence-corrected chi connectivity index (χ2v) is 7.69. The van der Waals surface area contributed by atoms with E-state index in [1.54, 1.807) is 0 Å². The van der Waals surface area contributed by atoms with E-state index in [0.717, 1.165) is 25.3 Å². The Morgan fingerprint density at radius 1 is 0.424 bits per heavy atom. The van der Waals surface area contributed by atoms with E-state index in [9.17, 15) is 0 Å². The fraction of sp³-hybridized carbons (Fsp3) is 0.760. The van der Waals surface area contributed by atoms with Crippen LogP contribution in [-0.4, -0.2) is 91.8 Å². The maximum Gasteiger partial charge on any atom is 0.0718 e. The molecule has 0 aliphatic heterocycles. The van der Waals surface area contributed by atoms with E-state index in [4.69, 9.17) is 44.8 Å². The summed E-state index contributed by atoms with van der Waals surface area (Å²) in [6.07, 6.45) is 4.53. The first kappa shape index (κ1) is 30.3. The van der Waals surface area contributed by atoms with Gasteiger partial charge in [-0.15, -0.1) is 11.6 Å². The Labute approximate surface area is 204 Å². The molecule has 0 N–H and O–H groups in total. The molecule has 0 saturated heterocycles. The van der Waals surface area contributed by atoms with E-state index in [1.165, 1.54) is 18.4 Å². The van der Waals surface area contributed by atoms with Crippen molar-refractivity contribution in [2.24, 2.45) is 0 Å². The third-order valence-corrected chi connectivity index (χ3v) is 4.78. The molecule has 8 heteroatoms. The Hall–Kier alpha value is -0.770. The van der Waals surface area contributed by atoms with Gasteiger partial charge in [0.15, 0.2) is 0 Å². The molecule has 1 rings (SSSR count). The minimum absolute atomic E-state index is 0.545. The standard InChI is InChI=1S/C25H43ClO7/c26-10-6-1-2-7-11-27-12-13-28-14-15-29-16-17-30-18-19-31-20-21-32-22-23-33-24-25-8-4-3-5-9-25/h3-5,8-9H,1-2,6-7,10-24H2. The first-order valence-corrected chi connectivity index (χ1v) is 12.6. The summed E-state index contributed by atoms with van der Waals surface area (Å²) in [6, 6.07) is 10.1. The molecule has 1 aromatic rings. The zero-order chi connectivity index (χ0) is 23.5. The van der Waals surface area contributed by atoms with E-state index >= 15 is 0 Å². The summed E-state index contributed by atoms with van der Waals surface area (Å²) in [5.41, 5.74) is 1.17. The predicted octanol–water partition coefficient (Wildman–Crippen LogP) is 4.10. The molecular weight excluding hydrogens is 448 g/mol. The van der Waals surface area contributed by atoms with Crippen LogP contribution in [0.4, 0.5) is 0 Å². The van der Waals surface area contributed by atoms with Gasteiger partial charge in [0, 0.05) is 12.5 Å². The average molecular weight is 491 g/mol. The molecule has 0 fully saturated rings. The third-order valence-electron chi connectivity index (χ3n) is 4.52. The minimum atomic E-state index is 0.545. The van der Waals surface area contributed by atoms with E-state index in [-0.39, 0.29) is 0 Å². The molecule has 0 spiro atoms. The van der Waals surface area contributed by atoms with Crippen molar-refractivity contribution in [2.75, 3.05) is 91.8 Å². The number of halogens is 1. The van der Waals surface area contributed by atoms with Crippen LogP contribution in [0.2, 0.25) is 0 Å². The highest BCUT2D eigenvalue weighted by molar-refractivity contribution is 6.17. The lowest BCUT2D eigenvalue weighted by atomic mass is 10.2. The summed E-state index contributed by atoms with van der Waals surface area (Å²) in [6.45, 7) is 8.19. The van der Waals surface area contributed by atoms with Crippen molar-refractivity contribution >= 4 is 11.6 Å². The second kappa shape index (κ2) is 25.8. The van der Waals surface area contributed by atoms with E-state index < -0.39 is 0 Å². The Morgan fingerprint density at radius 2 is 0.818 bits per heavy atom. The van der Waals surface area contributed by atoms with Crippen LogP contribution in [0.1, 0.15) is 31.2 Å². The summed E-state index contributed by atoms with van der Waals surface area (Å²) < 4.78 is 38.4. The zero-order valence-corrected chi connectivity index (χ0v) is 20.8. The summed E-state index contributed by atoms with van der Waals surface area (Å²) in [4.78, 5) is 0. The maximum absolute atomic E-state index is 5.64. The van der Waals surface area contributed by atoms with Crippen molar-refractivity contribution in [1.29, 1.82) is 0 Å². The van der Waals surface area contributed by atoms with Crippen LogP contribution in [0.15, 0.2) is 30.3 Å². The Kier molecular flexibility index (Phi) is 23.7. The molecule has 0 amide bonds. The fourth-order valence-electron chi connectivity index (χ4n) is 2.74. The van der Waals surface area contributed by atoms with E-state index in [2.05, 4.69) is 0 Å². The molecule has 33 heavy (non-hydrogen) atoms. The van der Waals surface area contributed by atoms with Crippen LogP contribution in [0, 0.1) is 0 Å². The van der Waals surface area contributed by atoms with Crippen molar-refractivity contribution < 1.29 is 33.2 Å². The van der Waals surface area contributed by atoms with Gasteiger partial charge in [-0.3, -0.25) is 0 Å². The minimum Gasteiger partial charge on any atom is -0.379 e. The van der Waals surface area contributed by atoms with Crippen LogP contribution in [0.3, 0.4) is 0 Å². The van der Waals surface area contributed by atoms with Crippen molar-refractivity contribution in [3.63, 3.8) is 0 Å². The van der Waals surface area contributed by atoms with E-state index in [1.807, 2.05) is 30.3 Å². The lowest BCUT2D eigenvalue weighted by Crippen LogP contribution is -2.14. The average Bonchev–Trinajstić information content (AvgIpc) is 2.84. The zero-order valence-electron chi connectivity index (χ0n) is 20.1. The van der Waals surface area contributed by atoms with Crippen LogP contribution >= 0.6 is 11.6 Å². The SMILES string of the molecule is ClCCCCCCOCCOCCOCCOCCOCCOCCOCc1ccccc1. The van der Waals surface area contributed by atoms with Gasteiger partial charge in [0.2, 0.25) is 0 Å². The fourth-order valence-corrected chi connectivity index (χ4v) is 2.92. The summed E-state index contributed by atoms with van der Waals surface area (Å²) in [7, 11) is 0. The van der Waals surface area contributed by atoms with Crippen molar-refractivity contribution in [1.82, 2.24) is 0 Å². The highest BCUT2D eigenvalue weighted by atomic mass is 35.5. The van der Waals surface area contributed by atoms with Gasteiger partial charge in [-0.05, 0) is 18.4 Å². The van der Waals surface area contributed by atoms with Gasteiger partial charge < -0.3 is 33.2 Å². The highest BCUT2D eigenvalue weighted by Gasteiger charge is 1.96. The molecule has 0 saturated carbocycles. The van der Waals surface area contributed by atoms with Crippen molar-refractivity contribution in [2.45, 2.75) is 32.3 Å². The molecule has 0 aliphatic carbocycles. The van der Waals surface area contributed by atoms with Gasteiger partial charge in [0.05, 0.1) is 85.9 Å². The largest absolute Gasteiger partial charge is 0.379 e. The number of benzene rings is 1. The predicted molar refractivity (Wildman–Crippen MR) is 130 cm³/mol. The molecule has 0 radical (unpaired) electrons. The Bertz CT molecular complexity index is 493. The molecule has 0 aromatic heterocycles. The van der Waals surface area contributed by atoms with Gasteiger partial charge in [-0.1, -0.05) is 43.2 Å². The van der Waals surface area contributed by atoms with Crippen LogP contribution < -0.4 is 0 Å². The first-order chi connectivity index (χ1) is 16.4. The third kappa shape index (κ3) is 22.8. The highest BCUT2D eigenvalue weighted by Crippen LogP contribution is 2.01. The number of unbranched alkanes of at least 4 members (excludes halogenated alkanes) is 3. The Balaban J connectivity index is 1.64. The summed E-state index contributed by atoms with van der Waals surface area (Å²) in [5.74, 6) is 0.751. The number of hydrogen-bond donors (Lipinski definition) is 0. The normalized spacial score (nSPS) is 11.3. The number of hydrogen-bond acceptors (Lipinski definition) is 7. The molecule has 0 atom stereocenters. The molecular formula is C25H43ClO7. The lowest BCUT2D eigenvalue weighted by molar-refractivity contribution is -0.0212. The van der Waals surface area contributed by atoms with Gasteiger partial charge in [0.25, 0.3) is 0 Å². The quantitative estimate of drug-likeness (QED) is 0.143. The van der Waals surface area contributed by atoms with E-state index in [0.29, 0.717) is 85.9 Å². The number of alkyl halides is 1. The topological polar surface area (TPSA) is 64.6 Å². The summed E-state index contributed by atoms with van der Waals surface area (Å²) in [5, 5.41) is 0. The molecule has 7 nitrogen and oxygen atoms in total. The Morgan fingerprint density at radius 3 is 1.27 bits per heavy atom. The monoisotopic (exact) mass is 490 g/mol. The van der Waals surface area contributed by atoms with Crippen molar-refractivity contribution in [3.05, 3.63) is 35.9 Å². The van der Waals surface area contributed by atoms with Crippen molar-refractivity contribution in [3.8, 4) is 0 Å². The van der Waals surface area contributed by atoms with Crippen LogP contribution in [0.25, 0.3) is 0 Å².